The van der Waals surface area contributed by atoms with Crippen LogP contribution in [0.25, 0.3) is 0 Å². The van der Waals surface area contributed by atoms with E-state index in [1.165, 1.54) is 0 Å². The molecule has 0 saturated carbocycles. The molecule has 1 heterocycles. The number of amides is 1. The average Bonchev–Trinajstić information content (AvgIpc) is 2.39. The van der Waals surface area contributed by atoms with Crippen LogP contribution in [0.5, 0.6) is 0 Å². The van der Waals surface area contributed by atoms with Gasteiger partial charge in [-0.25, -0.2) is 0 Å². The molecular weight excluding hydrogens is 256 g/mol. The molecule has 4 heteroatoms. The molecule has 104 valence electrons. The Labute approximate surface area is 119 Å². The van der Waals surface area contributed by atoms with Crippen LogP contribution in [-0.4, -0.2) is 34.9 Å². The molecule has 1 unspecified atom stereocenters. The SMILES string of the molecule is CC1CSCCN1C(=O)C(C)(C)c1ccc(N)cc1. The summed E-state index contributed by atoms with van der Waals surface area (Å²) in [5, 5.41) is 0. The molecule has 0 aromatic heterocycles. The standard InChI is InChI=1S/C15H22N2OS/c1-11-10-19-9-8-17(11)14(18)15(2,3)12-4-6-13(16)7-5-12/h4-7,11H,8-10,16H2,1-3H3. The van der Waals surface area contributed by atoms with Gasteiger partial charge in [-0.15, -0.1) is 0 Å². The number of hydrogen-bond acceptors (Lipinski definition) is 3. The highest BCUT2D eigenvalue weighted by atomic mass is 32.2. The van der Waals surface area contributed by atoms with Crippen molar-refractivity contribution >= 4 is 23.4 Å². The fraction of sp³-hybridized carbons (Fsp3) is 0.533. The zero-order chi connectivity index (χ0) is 14.0. The van der Waals surface area contributed by atoms with Gasteiger partial charge in [0.25, 0.3) is 0 Å². The molecular formula is C15H22N2OS. The van der Waals surface area contributed by atoms with Gasteiger partial charge in [0.2, 0.25) is 5.91 Å². The fourth-order valence-electron chi connectivity index (χ4n) is 2.41. The maximum absolute atomic E-state index is 12.8. The van der Waals surface area contributed by atoms with Gasteiger partial charge in [0.15, 0.2) is 0 Å². The van der Waals surface area contributed by atoms with Gasteiger partial charge in [-0.3, -0.25) is 4.79 Å². The van der Waals surface area contributed by atoms with E-state index in [9.17, 15) is 4.79 Å². The molecule has 19 heavy (non-hydrogen) atoms. The third-order valence-electron chi connectivity index (χ3n) is 3.80. The van der Waals surface area contributed by atoms with Crippen LogP contribution in [0.3, 0.4) is 0 Å². The largest absolute Gasteiger partial charge is 0.399 e. The number of hydrogen-bond donors (Lipinski definition) is 1. The molecule has 2 N–H and O–H groups in total. The summed E-state index contributed by atoms with van der Waals surface area (Å²) in [6.45, 7) is 6.97. The second-order valence-electron chi connectivity index (χ2n) is 5.67. The Hall–Kier alpha value is -1.16. The number of nitrogens with two attached hydrogens (primary N) is 1. The smallest absolute Gasteiger partial charge is 0.232 e. The number of thioether (sulfide) groups is 1. The molecule has 0 aliphatic carbocycles. The van der Waals surface area contributed by atoms with Gasteiger partial charge in [0.1, 0.15) is 0 Å². The predicted molar refractivity (Wildman–Crippen MR) is 82.4 cm³/mol. The van der Waals surface area contributed by atoms with Crippen molar-refractivity contribution in [2.75, 3.05) is 23.8 Å². The van der Waals surface area contributed by atoms with Crippen molar-refractivity contribution in [1.82, 2.24) is 4.90 Å². The first kappa shape index (κ1) is 14.3. The Bertz CT molecular complexity index is 456. The fourth-order valence-corrected chi connectivity index (χ4v) is 3.42. The monoisotopic (exact) mass is 278 g/mol. The summed E-state index contributed by atoms with van der Waals surface area (Å²) in [6, 6.07) is 7.95. The van der Waals surface area contributed by atoms with Crippen LogP contribution >= 0.6 is 11.8 Å². The molecule has 0 spiro atoms. The van der Waals surface area contributed by atoms with E-state index in [0.29, 0.717) is 6.04 Å². The minimum absolute atomic E-state index is 0.213. The van der Waals surface area contributed by atoms with Crippen molar-refractivity contribution < 1.29 is 4.79 Å². The molecule has 3 nitrogen and oxygen atoms in total. The highest BCUT2D eigenvalue weighted by molar-refractivity contribution is 7.99. The van der Waals surface area contributed by atoms with E-state index >= 15 is 0 Å². The second-order valence-corrected chi connectivity index (χ2v) is 6.82. The number of nitrogen functional groups attached to an aromatic ring is 1. The third-order valence-corrected chi connectivity index (χ3v) is 4.98. The van der Waals surface area contributed by atoms with Gasteiger partial charge in [-0.05, 0) is 38.5 Å². The topological polar surface area (TPSA) is 46.3 Å². The van der Waals surface area contributed by atoms with E-state index in [1.54, 1.807) is 0 Å². The molecule has 1 fully saturated rings. The van der Waals surface area contributed by atoms with Crippen molar-refractivity contribution in [3.63, 3.8) is 0 Å². The Morgan fingerprint density at radius 2 is 2.00 bits per heavy atom. The summed E-state index contributed by atoms with van der Waals surface area (Å²) >= 11 is 1.92. The number of carbonyl (C=O) groups excluding carboxylic acids is 1. The number of carbonyl (C=O) groups is 1. The molecule has 1 aromatic carbocycles. The molecule has 0 radical (unpaired) electrons. The van der Waals surface area contributed by atoms with Crippen LogP contribution in [-0.2, 0) is 10.2 Å². The maximum Gasteiger partial charge on any atom is 0.232 e. The highest BCUT2D eigenvalue weighted by Gasteiger charge is 2.36. The lowest BCUT2D eigenvalue weighted by Gasteiger charge is -2.38. The van der Waals surface area contributed by atoms with Gasteiger partial charge in [0, 0.05) is 29.8 Å². The van der Waals surface area contributed by atoms with Gasteiger partial charge in [-0.1, -0.05) is 12.1 Å². The van der Waals surface area contributed by atoms with Crippen LogP contribution in [0, 0.1) is 0 Å². The van der Waals surface area contributed by atoms with Crippen LogP contribution in [0.15, 0.2) is 24.3 Å². The van der Waals surface area contributed by atoms with Crippen molar-refractivity contribution in [3.05, 3.63) is 29.8 Å². The van der Waals surface area contributed by atoms with Crippen LogP contribution in [0.2, 0.25) is 0 Å². The summed E-state index contributed by atoms with van der Waals surface area (Å²) in [6.07, 6.45) is 0. The lowest BCUT2D eigenvalue weighted by Crippen LogP contribution is -2.51. The number of anilines is 1. The Balaban J connectivity index is 2.22. The minimum Gasteiger partial charge on any atom is -0.399 e. The van der Waals surface area contributed by atoms with Crippen LogP contribution in [0.4, 0.5) is 5.69 Å². The lowest BCUT2D eigenvalue weighted by molar-refractivity contribution is -0.137. The first-order valence-corrected chi connectivity index (χ1v) is 7.83. The van der Waals surface area contributed by atoms with Crippen molar-refractivity contribution in [1.29, 1.82) is 0 Å². The summed E-state index contributed by atoms with van der Waals surface area (Å²) in [5.41, 5.74) is 6.97. The van der Waals surface area contributed by atoms with E-state index in [-0.39, 0.29) is 5.91 Å². The quantitative estimate of drug-likeness (QED) is 0.846. The van der Waals surface area contributed by atoms with E-state index < -0.39 is 5.41 Å². The van der Waals surface area contributed by atoms with Gasteiger partial charge >= 0.3 is 0 Å². The van der Waals surface area contributed by atoms with Gasteiger partial charge in [-0.2, -0.15) is 11.8 Å². The summed E-state index contributed by atoms with van der Waals surface area (Å²) in [7, 11) is 0. The highest BCUT2D eigenvalue weighted by Crippen LogP contribution is 2.29. The summed E-state index contributed by atoms with van der Waals surface area (Å²) in [4.78, 5) is 14.8. The molecule has 0 bridgehead atoms. The number of rotatable bonds is 2. The molecule has 1 aliphatic heterocycles. The van der Waals surface area contributed by atoms with E-state index in [1.807, 2.05) is 54.8 Å². The number of nitrogens with zero attached hydrogens (tertiary/aromatic N) is 1. The lowest BCUT2D eigenvalue weighted by atomic mass is 9.82. The molecule has 2 rings (SSSR count). The molecule has 1 saturated heterocycles. The third kappa shape index (κ3) is 2.89. The zero-order valence-corrected chi connectivity index (χ0v) is 12.7. The predicted octanol–water partition coefficient (Wildman–Crippen LogP) is 2.51. The normalized spacial score (nSPS) is 20.4. The minimum atomic E-state index is -0.496. The second kappa shape index (κ2) is 5.45. The van der Waals surface area contributed by atoms with E-state index in [0.717, 1.165) is 29.3 Å². The molecule has 1 aromatic rings. The Kier molecular flexibility index (Phi) is 4.09. The van der Waals surface area contributed by atoms with Crippen molar-refractivity contribution in [2.24, 2.45) is 0 Å². The average molecular weight is 278 g/mol. The van der Waals surface area contributed by atoms with Crippen LogP contribution < -0.4 is 5.73 Å². The van der Waals surface area contributed by atoms with E-state index in [2.05, 4.69) is 6.92 Å². The summed E-state index contributed by atoms with van der Waals surface area (Å²) < 4.78 is 0. The van der Waals surface area contributed by atoms with E-state index in [4.69, 9.17) is 5.73 Å². The summed E-state index contributed by atoms with van der Waals surface area (Å²) in [5.74, 6) is 2.28. The van der Waals surface area contributed by atoms with Crippen LogP contribution in [0.1, 0.15) is 26.3 Å². The van der Waals surface area contributed by atoms with Crippen molar-refractivity contribution in [2.45, 2.75) is 32.2 Å². The zero-order valence-electron chi connectivity index (χ0n) is 11.8. The maximum atomic E-state index is 12.8. The van der Waals surface area contributed by atoms with Gasteiger partial charge in [0.05, 0.1) is 5.41 Å². The first-order chi connectivity index (χ1) is 8.93. The van der Waals surface area contributed by atoms with Crippen molar-refractivity contribution in [3.8, 4) is 0 Å². The number of benzene rings is 1. The molecule has 1 aliphatic rings. The molecule has 1 atom stereocenters. The Morgan fingerprint density at radius 1 is 1.37 bits per heavy atom. The Morgan fingerprint density at radius 3 is 2.58 bits per heavy atom. The first-order valence-electron chi connectivity index (χ1n) is 6.68. The molecule has 1 amide bonds. The van der Waals surface area contributed by atoms with Gasteiger partial charge < -0.3 is 10.6 Å².